The molecule has 156 valence electrons. The fourth-order valence-corrected chi connectivity index (χ4v) is 4.63. The van der Waals surface area contributed by atoms with Gasteiger partial charge in [-0.15, -0.1) is 0 Å². The molecule has 0 spiro atoms. The highest BCUT2D eigenvalue weighted by Gasteiger charge is 2.31. The number of carbonyl (C=O) groups excluding carboxylic acids is 1. The van der Waals surface area contributed by atoms with E-state index in [2.05, 4.69) is 5.32 Å². The van der Waals surface area contributed by atoms with Gasteiger partial charge in [0.05, 0.1) is 0 Å². The van der Waals surface area contributed by atoms with Crippen molar-refractivity contribution in [2.75, 3.05) is 18.4 Å². The Morgan fingerprint density at radius 3 is 2.45 bits per heavy atom. The molecule has 0 radical (unpaired) electrons. The van der Waals surface area contributed by atoms with Gasteiger partial charge in [-0.25, -0.2) is 26.0 Å². The molecule has 2 aromatic carbocycles. The minimum atomic E-state index is -4.36. The first-order valence-electron chi connectivity index (χ1n) is 8.88. The first-order valence-corrected chi connectivity index (χ1v) is 10.3. The van der Waals surface area contributed by atoms with Gasteiger partial charge in [0, 0.05) is 30.4 Å². The summed E-state index contributed by atoms with van der Waals surface area (Å²) in [6.45, 7) is -0.333. The van der Waals surface area contributed by atoms with Crippen LogP contribution in [0.5, 0.6) is 0 Å². The summed E-state index contributed by atoms with van der Waals surface area (Å²) in [7, 11) is -4.36. The number of amides is 1. The monoisotopic (exact) mass is 430 g/mol. The number of halogens is 4. The van der Waals surface area contributed by atoms with Gasteiger partial charge in [0.2, 0.25) is 10.0 Å². The van der Waals surface area contributed by atoms with E-state index in [9.17, 15) is 30.8 Å². The third-order valence-electron chi connectivity index (χ3n) is 4.57. The number of benzene rings is 2. The van der Waals surface area contributed by atoms with Gasteiger partial charge >= 0.3 is 0 Å². The summed E-state index contributed by atoms with van der Waals surface area (Å²) in [6.07, 6.45) is -0.162. The van der Waals surface area contributed by atoms with E-state index in [0.29, 0.717) is 12.8 Å². The van der Waals surface area contributed by atoms with Crippen molar-refractivity contribution in [3.63, 3.8) is 0 Å². The van der Waals surface area contributed by atoms with E-state index >= 15 is 0 Å². The normalized spacial score (nSPS) is 18.3. The lowest BCUT2D eigenvalue weighted by Crippen LogP contribution is -2.35. The van der Waals surface area contributed by atoms with Gasteiger partial charge in [-0.3, -0.25) is 4.79 Å². The minimum absolute atomic E-state index is 0.0491. The smallest absolute Gasteiger partial charge is 0.255 e. The third kappa shape index (κ3) is 4.76. The molecule has 1 amide bonds. The highest BCUT2D eigenvalue weighted by atomic mass is 32.2. The quantitative estimate of drug-likeness (QED) is 0.749. The molecule has 5 nitrogen and oxygen atoms in total. The fourth-order valence-electron chi connectivity index (χ4n) is 3.03. The molecule has 1 heterocycles. The van der Waals surface area contributed by atoms with Gasteiger partial charge in [-0.05, 0) is 49.6 Å². The summed E-state index contributed by atoms with van der Waals surface area (Å²) in [6, 6.07) is 5.42. The zero-order valence-electron chi connectivity index (χ0n) is 15.2. The average Bonchev–Trinajstić information content (AvgIpc) is 2.90. The number of rotatable bonds is 4. The third-order valence-corrected chi connectivity index (χ3v) is 6.45. The molecular weight excluding hydrogens is 412 g/mol. The average molecular weight is 430 g/mol. The van der Waals surface area contributed by atoms with Crippen LogP contribution in [-0.4, -0.2) is 37.9 Å². The lowest BCUT2D eigenvalue weighted by molar-refractivity contribution is 0.102. The number of carbonyl (C=O) groups is 1. The zero-order chi connectivity index (χ0) is 21.2. The van der Waals surface area contributed by atoms with E-state index in [4.69, 9.17) is 0 Å². The van der Waals surface area contributed by atoms with Crippen molar-refractivity contribution >= 4 is 21.6 Å². The molecule has 3 rings (SSSR count). The van der Waals surface area contributed by atoms with E-state index in [1.807, 2.05) is 0 Å². The summed E-state index contributed by atoms with van der Waals surface area (Å²) in [5.41, 5.74) is -0.267. The highest BCUT2D eigenvalue weighted by molar-refractivity contribution is 7.89. The Morgan fingerprint density at radius 2 is 1.72 bits per heavy atom. The van der Waals surface area contributed by atoms with Gasteiger partial charge < -0.3 is 5.32 Å². The van der Waals surface area contributed by atoms with E-state index in [1.165, 1.54) is 0 Å². The van der Waals surface area contributed by atoms with Crippen LogP contribution in [-0.2, 0) is 10.0 Å². The Bertz CT molecular complexity index is 1030. The van der Waals surface area contributed by atoms with Crippen molar-refractivity contribution in [3.8, 4) is 0 Å². The van der Waals surface area contributed by atoms with Crippen LogP contribution >= 0.6 is 0 Å². The Hall–Kier alpha value is -2.46. The molecule has 29 heavy (non-hydrogen) atoms. The predicted molar refractivity (Wildman–Crippen MR) is 98.2 cm³/mol. The van der Waals surface area contributed by atoms with Crippen LogP contribution in [0, 0.1) is 17.5 Å². The van der Waals surface area contributed by atoms with Crippen molar-refractivity contribution in [1.29, 1.82) is 0 Å². The highest BCUT2D eigenvalue weighted by Crippen LogP contribution is 2.25. The van der Waals surface area contributed by atoms with E-state index in [1.54, 1.807) is 0 Å². The first-order chi connectivity index (χ1) is 13.7. The molecule has 0 bridgehead atoms. The van der Waals surface area contributed by atoms with Crippen LogP contribution in [0.1, 0.15) is 29.6 Å². The molecule has 1 atom stereocenters. The Labute approximate surface area is 165 Å². The molecule has 1 fully saturated rings. The van der Waals surface area contributed by atoms with Crippen molar-refractivity contribution in [3.05, 3.63) is 59.4 Å². The topological polar surface area (TPSA) is 66.5 Å². The van der Waals surface area contributed by atoms with E-state index in [0.717, 1.165) is 40.7 Å². The van der Waals surface area contributed by atoms with Gasteiger partial charge in [-0.1, -0.05) is 0 Å². The van der Waals surface area contributed by atoms with Crippen LogP contribution in [0.3, 0.4) is 0 Å². The van der Waals surface area contributed by atoms with Gasteiger partial charge in [0.1, 0.15) is 16.9 Å². The predicted octanol–water partition coefficient (Wildman–Crippen LogP) is 3.87. The van der Waals surface area contributed by atoms with E-state index in [-0.39, 0.29) is 30.8 Å². The summed E-state index contributed by atoms with van der Waals surface area (Å²) in [4.78, 5) is 11.6. The molecule has 1 aliphatic heterocycles. The van der Waals surface area contributed by atoms with Crippen LogP contribution in [0.4, 0.5) is 23.2 Å². The standard InChI is InChI=1S/C19H18F4N2O3S/c20-13-3-1-2-8-25(11-13)29(27,28)18-9-12(4-6-16(18)22)19(26)24-14-5-7-15(21)17(23)10-14/h4-7,9-10,13H,1-3,8,11H2,(H,24,26). The van der Waals surface area contributed by atoms with Crippen LogP contribution in [0.25, 0.3) is 0 Å². The molecule has 0 aromatic heterocycles. The second kappa shape index (κ2) is 8.50. The Morgan fingerprint density at radius 1 is 1.00 bits per heavy atom. The Kier molecular flexibility index (Phi) is 6.23. The summed E-state index contributed by atoms with van der Waals surface area (Å²) in [5, 5.41) is 2.28. The summed E-state index contributed by atoms with van der Waals surface area (Å²) >= 11 is 0. The Balaban J connectivity index is 1.88. The van der Waals surface area contributed by atoms with Crippen LogP contribution in [0.15, 0.2) is 41.3 Å². The molecular formula is C19H18F4N2O3S. The molecule has 0 aliphatic carbocycles. The van der Waals surface area contributed by atoms with Crippen molar-refractivity contribution in [2.45, 2.75) is 30.3 Å². The minimum Gasteiger partial charge on any atom is -0.322 e. The molecule has 10 heteroatoms. The lowest BCUT2D eigenvalue weighted by atomic mass is 10.2. The summed E-state index contributed by atoms with van der Waals surface area (Å²) in [5.74, 6) is -4.19. The maximum Gasteiger partial charge on any atom is 0.255 e. The van der Waals surface area contributed by atoms with Crippen molar-refractivity contribution in [2.24, 2.45) is 0 Å². The van der Waals surface area contributed by atoms with Crippen molar-refractivity contribution in [1.82, 2.24) is 4.31 Å². The molecule has 1 N–H and O–H groups in total. The molecule has 0 saturated carbocycles. The number of hydrogen-bond acceptors (Lipinski definition) is 3. The van der Waals surface area contributed by atoms with E-state index < -0.39 is 44.4 Å². The zero-order valence-corrected chi connectivity index (χ0v) is 16.0. The summed E-state index contributed by atoms with van der Waals surface area (Å²) < 4.78 is 80.9. The second-order valence-electron chi connectivity index (χ2n) is 6.68. The SMILES string of the molecule is O=C(Nc1ccc(F)c(F)c1)c1ccc(F)c(S(=O)(=O)N2CCCCC(F)C2)c1. The molecule has 1 saturated heterocycles. The van der Waals surface area contributed by atoms with Gasteiger partial charge in [0.15, 0.2) is 11.6 Å². The van der Waals surface area contributed by atoms with Gasteiger partial charge in [-0.2, -0.15) is 4.31 Å². The number of nitrogens with zero attached hydrogens (tertiary/aromatic N) is 1. The number of nitrogens with one attached hydrogen (secondary N) is 1. The molecule has 2 aromatic rings. The van der Waals surface area contributed by atoms with Crippen molar-refractivity contribution < 1.29 is 30.8 Å². The van der Waals surface area contributed by atoms with Crippen LogP contribution < -0.4 is 5.32 Å². The maximum absolute atomic E-state index is 14.3. The number of anilines is 1. The number of alkyl halides is 1. The number of sulfonamides is 1. The molecule has 1 unspecified atom stereocenters. The molecule has 1 aliphatic rings. The number of hydrogen-bond donors (Lipinski definition) is 1. The fraction of sp³-hybridized carbons (Fsp3) is 0.316. The van der Waals surface area contributed by atoms with Gasteiger partial charge in [0.25, 0.3) is 5.91 Å². The first kappa shape index (κ1) is 21.3. The van der Waals surface area contributed by atoms with Crippen LogP contribution in [0.2, 0.25) is 0 Å². The maximum atomic E-state index is 14.3. The lowest BCUT2D eigenvalue weighted by Gasteiger charge is -2.21. The second-order valence-corrected chi connectivity index (χ2v) is 8.59. The largest absolute Gasteiger partial charge is 0.322 e.